The van der Waals surface area contributed by atoms with Gasteiger partial charge in [-0.3, -0.25) is 0 Å². The Morgan fingerprint density at radius 2 is 0.900 bits per heavy atom. The van der Waals surface area contributed by atoms with Gasteiger partial charge in [0, 0.05) is 0 Å². The van der Waals surface area contributed by atoms with E-state index in [2.05, 4.69) is 24.8 Å². The average molecular weight is 462 g/mol. The highest BCUT2D eigenvalue weighted by Crippen LogP contribution is 2.49. The quantitative estimate of drug-likeness (QED) is 0.251. The molecule has 0 heterocycles. The highest BCUT2D eigenvalue weighted by molar-refractivity contribution is 8.10. The van der Waals surface area contributed by atoms with Crippen LogP contribution in [0.1, 0.15) is 16.7 Å². The predicted molar refractivity (Wildman–Crippen MR) is 129 cm³/mol. The number of hydrogen-bond donors (Lipinski definition) is 2. The Morgan fingerprint density at radius 3 is 1.10 bits per heavy atom. The smallest absolute Gasteiger partial charge is 0.386 e. The fraction of sp³-hybridized carbons (Fsp3) is 0.136. The maximum atomic E-state index is 13.3. The second kappa shape index (κ2) is 11.1. The molecule has 0 spiro atoms. The van der Waals surface area contributed by atoms with Crippen LogP contribution in [0.3, 0.4) is 0 Å². The number of aryl methyl sites for hydroxylation is 3. The first-order valence-corrected chi connectivity index (χ1v) is 11.3. The second-order valence-corrected chi connectivity index (χ2v) is 9.16. The van der Waals surface area contributed by atoms with Crippen molar-refractivity contribution in [3.8, 4) is 17.2 Å². The van der Waals surface area contributed by atoms with Gasteiger partial charge in [0.2, 0.25) is 0 Å². The summed E-state index contributed by atoms with van der Waals surface area (Å²) >= 11 is 7.65. The first-order chi connectivity index (χ1) is 14.1. The average Bonchev–Trinajstić information content (AvgIpc) is 2.67. The van der Waals surface area contributed by atoms with Crippen molar-refractivity contribution in [3.63, 3.8) is 0 Å². The number of phosphoric ester groups is 1. The molecule has 0 saturated carbocycles. The Bertz CT molecular complexity index is 880. The molecular weight excluding hydrogens is 437 g/mol. The highest BCUT2D eigenvalue weighted by Gasteiger charge is 2.33. The summed E-state index contributed by atoms with van der Waals surface area (Å²) in [4.78, 5) is 0. The molecule has 5 nitrogen and oxygen atoms in total. The molecule has 0 aliphatic heterocycles. The summed E-state index contributed by atoms with van der Waals surface area (Å²) in [6, 6.07) is 21.6. The largest absolute Gasteiger partial charge is 0.647 e. The molecule has 0 unspecified atom stereocenters. The van der Waals surface area contributed by atoms with Crippen molar-refractivity contribution in [2.75, 3.05) is 0 Å². The Hall–Kier alpha value is -2.47. The van der Waals surface area contributed by atoms with Crippen molar-refractivity contribution in [1.82, 2.24) is 0 Å². The maximum Gasteiger partial charge on any atom is 0.647 e. The topological polar surface area (TPSA) is 70.8 Å². The molecule has 3 rings (SSSR count). The van der Waals surface area contributed by atoms with E-state index in [9.17, 15) is 4.57 Å². The molecule has 0 radical (unpaired) electrons. The van der Waals surface area contributed by atoms with Gasteiger partial charge in [0.05, 0.1) is 0 Å². The molecule has 30 heavy (non-hydrogen) atoms. The van der Waals surface area contributed by atoms with E-state index in [0.29, 0.717) is 17.2 Å². The Morgan fingerprint density at radius 1 is 0.700 bits per heavy atom. The summed E-state index contributed by atoms with van der Waals surface area (Å²) in [5.74, 6) is 1.24. The molecule has 0 fully saturated rings. The van der Waals surface area contributed by atoms with Gasteiger partial charge in [-0.2, -0.15) is 4.57 Å². The predicted octanol–water partition coefficient (Wildman–Crippen LogP) is 6.42. The lowest BCUT2D eigenvalue weighted by Gasteiger charge is -2.19. The number of rotatable bonds is 6. The van der Waals surface area contributed by atoms with Crippen LogP contribution in [-0.2, 0) is 4.57 Å². The third kappa shape index (κ3) is 8.49. The SMILES string of the molecule is Cc1ccc(OP(=O)(Oc2ccc(C)cc2)Oc2ccc(C)cc2)cc1.NC(=S)S. The Kier molecular flexibility index (Phi) is 8.78. The van der Waals surface area contributed by atoms with Crippen molar-refractivity contribution >= 4 is 37.0 Å². The molecule has 0 saturated heterocycles. The lowest BCUT2D eigenvalue weighted by Crippen LogP contribution is -2.07. The third-order valence-corrected chi connectivity index (χ3v) is 5.02. The number of phosphoric acid groups is 1. The zero-order chi connectivity index (χ0) is 22.1. The molecule has 158 valence electrons. The maximum absolute atomic E-state index is 13.3. The van der Waals surface area contributed by atoms with Crippen LogP contribution >= 0.6 is 32.7 Å². The summed E-state index contributed by atoms with van der Waals surface area (Å²) in [7, 11) is -3.93. The Labute approximate surface area is 188 Å². The van der Waals surface area contributed by atoms with Crippen LogP contribution < -0.4 is 19.3 Å². The molecule has 3 aromatic rings. The minimum atomic E-state index is -3.93. The third-order valence-electron chi connectivity index (χ3n) is 3.71. The monoisotopic (exact) mass is 461 g/mol. The van der Waals surface area contributed by atoms with Gasteiger partial charge in [-0.25, -0.2) is 0 Å². The summed E-state index contributed by atoms with van der Waals surface area (Å²) in [6.07, 6.45) is 0. The van der Waals surface area contributed by atoms with Crippen molar-refractivity contribution in [2.45, 2.75) is 20.8 Å². The van der Waals surface area contributed by atoms with Gasteiger partial charge in [0.25, 0.3) is 0 Å². The van der Waals surface area contributed by atoms with E-state index in [-0.39, 0.29) is 4.32 Å². The molecule has 0 bridgehead atoms. The van der Waals surface area contributed by atoms with Gasteiger partial charge < -0.3 is 19.3 Å². The minimum Gasteiger partial charge on any atom is -0.386 e. The van der Waals surface area contributed by atoms with Crippen LogP contribution in [0, 0.1) is 20.8 Å². The first kappa shape index (κ1) is 23.8. The van der Waals surface area contributed by atoms with E-state index in [1.54, 1.807) is 36.4 Å². The summed E-state index contributed by atoms with van der Waals surface area (Å²) in [6.45, 7) is 5.90. The zero-order valence-corrected chi connectivity index (χ0v) is 19.5. The molecule has 0 aliphatic rings. The molecule has 3 aromatic carbocycles. The number of thiocarbonyl (C=S) groups is 1. The van der Waals surface area contributed by atoms with Gasteiger partial charge in [-0.1, -0.05) is 65.3 Å². The van der Waals surface area contributed by atoms with E-state index in [1.807, 2.05) is 57.2 Å². The molecule has 8 heteroatoms. The van der Waals surface area contributed by atoms with Crippen LogP contribution in [0.2, 0.25) is 0 Å². The van der Waals surface area contributed by atoms with Gasteiger partial charge in [-0.05, 0) is 57.2 Å². The van der Waals surface area contributed by atoms with E-state index >= 15 is 0 Å². The van der Waals surface area contributed by atoms with Crippen LogP contribution in [0.25, 0.3) is 0 Å². The van der Waals surface area contributed by atoms with Gasteiger partial charge in [0.15, 0.2) is 0 Å². The lowest BCUT2D eigenvalue weighted by molar-refractivity contribution is 0.298. The molecule has 0 amide bonds. The van der Waals surface area contributed by atoms with Crippen molar-refractivity contribution < 1.29 is 18.1 Å². The van der Waals surface area contributed by atoms with E-state index in [4.69, 9.17) is 19.3 Å². The second-order valence-electron chi connectivity index (χ2n) is 6.50. The van der Waals surface area contributed by atoms with Crippen molar-refractivity contribution in [1.29, 1.82) is 0 Å². The van der Waals surface area contributed by atoms with Gasteiger partial charge in [0.1, 0.15) is 21.6 Å². The molecular formula is C22H24NO4PS2. The van der Waals surface area contributed by atoms with E-state index < -0.39 is 7.82 Å². The number of benzene rings is 3. The fourth-order valence-corrected chi connectivity index (χ4v) is 3.49. The summed E-state index contributed by atoms with van der Waals surface area (Å²) in [5.41, 5.74) is 7.93. The minimum absolute atomic E-state index is 0.194. The summed E-state index contributed by atoms with van der Waals surface area (Å²) < 4.78 is 30.4. The fourth-order valence-electron chi connectivity index (χ4n) is 2.24. The normalized spacial score (nSPS) is 10.4. The summed E-state index contributed by atoms with van der Waals surface area (Å²) in [5, 5.41) is 0. The molecule has 0 atom stereocenters. The standard InChI is InChI=1S/C21H21O4P.CH3NS2/c1-16-4-10-19(11-5-16)23-26(22,24-20-12-6-17(2)7-13-20)25-21-14-8-18(3)9-15-21;2-1(3)4/h4-15H,1-3H3;(H3,2,3,4). The van der Waals surface area contributed by atoms with Crippen LogP contribution in [0.15, 0.2) is 72.8 Å². The molecule has 0 aliphatic carbocycles. The first-order valence-electron chi connectivity index (χ1n) is 9.02. The van der Waals surface area contributed by atoms with E-state index in [0.717, 1.165) is 16.7 Å². The number of hydrogen-bond acceptors (Lipinski definition) is 5. The zero-order valence-electron chi connectivity index (χ0n) is 16.9. The van der Waals surface area contributed by atoms with Crippen LogP contribution in [0.5, 0.6) is 17.2 Å². The molecule has 2 N–H and O–H groups in total. The van der Waals surface area contributed by atoms with Gasteiger partial charge >= 0.3 is 7.82 Å². The number of thiol groups is 1. The number of nitrogens with two attached hydrogens (primary N) is 1. The van der Waals surface area contributed by atoms with Crippen LogP contribution in [0.4, 0.5) is 0 Å². The van der Waals surface area contributed by atoms with Gasteiger partial charge in [-0.15, -0.1) is 12.6 Å². The van der Waals surface area contributed by atoms with Crippen molar-refractivity contribution in [2.24, 2.45) is 5.73 Å². The van der Waals surface area contributed by atoms with E-state index in [1.165, 1.54) is 0 Å². The Balaban J connectivity index is 0.000000735. The van der Waals surface area contributed by atoms with Crippen LogP contribution in [-0.4, -0.2) is 4.32 Å². The van der Waals surface area contributed by atoms with Crippen molar-refractivity contribution in [3.05, 3.63) is 89.5 Å². The lowest BCUT2D eigenvalue weighted by atomic mass is 10.2. The molecule has 0 aromatic heterocycles. The highest BCUT2D eigenvalue weighted by atomic mass is 32.1.